The Labute approximate surface area is 142 Å². The number of urea groups is 1. The third-order valence-electron chi connectivity index (χ3n) is 3.90. The second-order valence-corrected chi connectivity index (χ2v) is 5.98. The molecule has 5 heteroatoms. The fourth-order valence-corrected chi connectivity index (χ4v) is 2.45. The summed E-state index contributed by atoms with van der Waals surface area (Å²) in [6, 6.07) is 14.7. The molecule has 0 bridgehead atoms. The maximum absolute atomic E-state index is 11.9. The zero-order chi connectivity index (χ0) is 17.6. The molecule has 2 aromatic carbocycles. The molecule has 0 fully saturated rings. The van der Waals surface area contributed by atoms with E-state index in [9.17, 15) is 9.90 Å². The third kappa shape index (κ3) is 4.73. The molecule has 24 heavy (non-hydrogen) atoms. The van der Waals surface area contributed by atoms with Crippen LogP contribution < -0.4 is 15.4 Å². The van der Waals surface area contributed by atoms with Crippen molar-refractivity contribution >= 4 is 6.03 Å². The molecule has 2 amide bonds. The van der Waals surface area contributed by atoms with Crippen molar-refractivity contribution in [1.82, 2.24) is 10.6 Å². The molecule has 0 aromatic heterocycles. The summed E-state index contributed by atoms with van der Waals surface area (Å²) in [5.41, 5.74) is 1.65. The number of aryl methyl sites for hydroxylation is 1. The minimum absolute atomic E-state index is 0.129. The van der Waals surface area contributed by atoms with Crippen molar-refractivity contribution in [2.24, 2.45) is 0 Å². The highest BCUT2D eigenvalue weighted by Gasteiger charge is 2.23. The molecule has 0 aliphatic heterocycles. The minimum atomic E-state index is -1.12. The lowest BCUT2D eigenvalue weighted by molar-refractivity contribution is 0.0594. The number of hydrogen-bond donors (Lipinski definition) is 3. The molecule has 128 valence electrons. The summed E-state index contributed by atoms with van der Waals surface area (Å²) in [4.78, 5) is 11.9. The number of aliphatic hydroxyl groups is 1. The third-order valence-corrected chi connectivity index (χ3v) is 3.90. The fourth-order valence-electron chi connectivity index (χ4n) is 2.45. The molecular formula is C19H24N2O3. The van der Waals surface area contributed by atoms with E-state index in [0.29, 0.717) is 6.54 Å². The Kier molecular flexibility index (Phi) is 5.82. The summed E-state index contributed by atoms with van der Waals surface area (Å²) in [5, 5.41) is 15.9. The maximum atomic E-state index is 11.9. The van der Waals surface area contributed by atoms with Crippen LogP contribution in [0.15, 0.2) is 48.5 Å². The Morgan fingerprint density at radius 2 is 1.88 bits per heavy atom. The van der Waals surface area contributed by atoms with Crippen molar-refractivity contribution < 1.29 is 14.6 Å². The Hall–Kier alpha value is -2.53. The summed E-state index contributed by atoms with van der Waals surface area (Å²) >= 11 is 0. The van der Waals surface area contributed by atoms with Crippen molar-refractivity contribution in [3.63, 3.8) is 0 Å². The Balaban J connectivity index is 1.84. The SMILES string of the molecule is COc1ccc(CNC(=O)NCC(C)(O)c2ccccc2)cc1C. The number of rotatable bonds is 6. The van der Waals surface area contributed by atoms with Crippen LogP contribution in [-0.2, 0) is 12.1 Å². The first-order valence-electron chi connectivity index (χ1n) is 7.85. The normalized spacial score (nSPS) is 13.0. The van der Waals surface area contributed by atoms with Crippen molar-refractivity contribution in [2.75, 3.05) is 13.7 Å². The highest BCUT2D eigenvalue weighted by molar-refractivity contribution is 5.74. The smallest absolute Gasteiger partial charge is 0.315 e. The number of hydrogen-bond acceptors (Lipinski definition) is 3. The average Bonchev–Trinajstić information content (AvgIpc) is 2.59. The first-order chi connectivity index (χ1) is 11.4. The average molecular weight is 328 g/mol. The number of carbonyl (C=O) groups is 1. The predicted octanol–water partition coefficient (Wildman–Crippen LogP) is 2.71. The molecule has 0 heterocycles. The lowest BCUT2D eigenvalue weighted by Gasteiger charge is -2.24. The van der Waals surface area contributed by atoms with Gasteiger partial charge in [0.2, 0.25) is 0 Å². The second-order valence-electron chi connectivity index (χ2n) is 5.98. The number of nitrogens with one attached hydrogen (secondary N) is 2. The van der Waals surface area contributed by atoms with E-state index in [2.05, 4.69) is 10.6 Å². The van der Waals surface area contributed by atoms with Crippen LogP contribution in [0.4, 0.5) is 4.79 Å². The largest absolute Gasteiger partial charge is 0.496 e. The van der Waals surface area contributed by atoms with Crippen LogP contribution >= 0.6 is 0 Å². The molecule has 3 N–H and O–H groups in total. The van der Waals surface area contributed by atoms with Gasteiger partial charge in [0.15, 0.2) is 0 Å². The number of ether oxygens (including phenoxy) is 1. The zero-order valence-electron chi connectivity index (χ0n) is 14.3. The topological polar surface area (TPSA) is 70.6 Å². The molecule has 1 atom stereocenters. The van der Waals surface area contributed by atoms with Crippen molar-refractivity contribution in [1.29, 1.82) is 0 Å². The van der Waals surface area contributed by atoms with Crippen LogP contribution in [0.25, 0.3) is 0 Å². The van der Waals surface area contributed by atoms with Gasteiger partial charge in [-0.2, -0.15) is 0 Å². The fraction of sp³-hybridized carbons (Fsp3) is 0.316. The Morgan fingerprint density at radius 1 is 1.17 bits per heavy atom. The van der Waals surface area contributed by atoms with Crippen LogP contribution in [0.3, 0.4) is 0 Å². The number of methoxy groups -OCH3 is 1. The van der Waals surface area contributed by atoms with Gasteiger partial charge in [0.25, 0.3) is 0 Å². The Bertz CT molecular complexity index is 684. The van der Waals surface area contributed by atoms with Gasteiger partial charge in [-0.15, -0.1) is 0 Å². The van der Waals surface area contributed by atoms with Gasteiger partial charge in [0.1, 0.15) is 11.4 Å². The zero-order valence-corrected chi connectivity index (χ0v) is 14.3. The van der Waals surface area contributed by atoms with Gasteiger partial charge in [-0.3, -0.25) is 0 Å². The van der Waals surface area contributed by atoms with Crippen LogP contribution in [0.5, 0.6) is 5.75 Å². The molecule has 0 saturated carbocycles. The molecule has 0 saturated heterocycles. The second kappa shape index (κ2) is 7.84. The van der Waals surface area contributed by atoms with E-state index in [1.54, 1.807) is 14.0 Å². The van der Waals surface area contributed by atoms with E-state index in [-0.39, 0.29) is 12.6 Å². The summed E-state index contributed by atoms with van der Waals surface area (Å²) in [7, 11) is 1.63. The van der Waals surface area contributed by atoms with Gasteiger partial charge in [-0.25, -0.2) is 4.79 Å². The van der Waals surface area contributed by atoms with E-state index in [0.717, 1.165) is 22.4 Å². The van der Waals surface area contributed by atoms with Gasteiger partial charge in [0, 0.05) is 6.54 Å². The summed E-state index contributed by atoms with van der Waals surface area (Å²) in [6.07, 6.45) is 0. The first-order valence-corrected chi connectivity index (χ1v) is 7.85. The van der Waals surface area contributed by atoms with Crippen LogP contribution in [0.2, 0.25) is 0 Å². The monoisotopic (exact) mass is 328 g/mol. The number of benzene rings is 2. The standard InChI is InChI=1S/C19H24N2O3/c1-14-11-15(9-10-17(14)24-3)12-20-18(22)21-13-19(2,23)16-7-5-4-6-8-16/h4-11,23H,12-13H2,1-3H3,(H2,20,21,22). The number of amides is 2. The molecule has 1 unspecified atom stereocenters. The van der Waals surface area contributed by atoms with E-state index in [4.69, 9.17) is 4.74 Å². The Morgan fingerprint density at radius 3 is 2.50 bits per heavy atom. The van der Waals surface area contributed by atoms with Gasteiger partial charge in [0.05, 0.1) is 13.7 Å². The minimum Gasteiger partial charge on any atom is -0.496 e. The van der Waals surface area contributed by atoms with Crippen LogP contribution in [0, 0.1) is 6.92 Å². The van der Waals surface area contributed by atoms with Gasteiger partial charge < -0.3 is 20.5 Å². The van der Waals surface area contributed by atoms with Crippen molar-refractivity contribution in [2.45, 2.75) is 26.0 Å². The van der Waals surface area contributed by atoms with Gasteiger partial charge in [-0.05, 0) is 36.6 Å². The summed E-state index contributed by atoms with van der Waals surface area (Å²) in [6.45, 7) is 4.17. The van der Waals surface area contributed by atoms with Gasteiger partial charge in [-0.1, -0.05) is 42.5 Å². The lowest BCUT2D eigenvalue weighted by Crippen LogP contribution is -2.43. The van der Waals surface area contributed by atoms with Crippen molar-refractivity contribution in [3.8, 4) is 5.75 Å². The molecule has 0 aliphatic rings. The van der Waals surface area contributed by atoms with Gasteiger partial charge >= 0.3 is 6.03 Å². The van der Waals surface area contributed by atoms with Crippen LogP contribution in [0.1, 0.15) is 23.6 Å². The molecule has 5 nitrogen and oxygen atoms in total. The molecule has 0 aliphatic carbocycles. The molecular weight excluding hydrogens is 304 g/mol. The highest BCUT2D eigenvalue weighted by Crippen LogP contribution is 2.19. The van der Waals surface area contributed by atoms with E-state index < -0.39 is 5.60 Å². The summed E-state index contributed by atoms with van der Waals surface area (Å²) in [5.74, 6) is 0.821. The van der Waals surface area contributed by atoms with E-state index in [1.165, 1.54) is 0 Å². The number of carbonyl (C=O) groups excluding carboxylic acids is 1. The summed E-state index contributed by atoms with van der Waals surface area (Å²) < 4.78 is 5.22. The molecule has 2 rings (SSSR count). The van der Waals surface area contributed by atoms with Crippen LogP contribution in [-0.4, -0.2) is 24.8 Å². The maximum Gasteiger partial charge on any atom is 0.315 e. The van der Waals surface area contributed by atoms with E-state index in [1.807, 2.05) is 55.5 Å². The molecule has 0 spiro atoms. The van der Waals surface area contributed by atoms with E-state index >= 15 is 0 Å². The molecule has 2 aromatic rings. The predicted molar refractivity (Wildman–Crippen MR) is 94.0 cm³/mol. The molecule has 0 radical (unpaired) electrons. The quantitative estimate of drug-likeness (QED) is 0.763. The highest BCUT2D eigenvalue weighted by atomic mass is 16.5. The lowest BCUT2D eigenvalue weighted by atomic mass is 9.96. The first kappa shape index (κ1) is 17.8. The van der Waals surface area contributed by atoms with Crippen molar-refractivity contribution in [3.05, 3.63) is 65.2 Å².